The molecule has 0 atom stereocenters. The van der Waals surface area contributed by atoms with Crippen molar-refractivity contribution < 1.29 is 9.53 Å². The van der Waals surface area contributed by atoms with Crippen LogP contribution in [-0.2, 0) is 17.8 Å². The van der Waals surface area contributed by atoms with Gasteiger partial charge in [0.25, 0.3) is 5.91 Å². The Hall–Kier alpha value is -2.44. The van der Waals surface area contributed by atoms with Gasteiger partial charge in [-0.15, -0.1) is 0 Å². The number of hydrogen-bond donors (Lipinski definition) is 3. The molecule has 0 aliphatic rings. The molecule has 0 aromatic heterocycles. The van der Waals surface area contributed by atoms with Crippen molar-refractivity contribution >= 4 is 28.9 Å². The van der Waals surface area contributed by atoms with Crippen LogP contribution in [0.25, 0.3) is 0 Å². The first-order valence-corrected chi connectivity index (χ1v) is 9.07. The summed E-state index contributed by atoms with van der Waals surface area (Å²) in [4.78, 5) is 12.2. The number of aryl methyl sites for hydroxylation is 1. The molecule has 0 saturated carbocycles. The second kappa shape index (κ2) is 10.5. The lowest BCUT2D eigenvalue weighted by Crippen LogP contribution is -2.43. The van der Waals surface area contributed by atoms with E-state index in [0.717, 1.165) is 17.7 Å². The number of rotatable bonds is 7. The standard InChI is InChI=1S/C20H25N3O2S/c1-3-4-6-15-9-11-18(12-10-15)21-20(26)23-22-19(24)17-8-5-7-16(13-17)14-25-2/h5,7-13H,3-4,6,14H2,1-2H3,(H,22,24)(H2,21,23,26). The van der Waals surface area contributed by atoms with Gasteiger partial charge in [0.05, 0.1) is 6.61 Å². The van der Waals surface area contributed by atoms with Gasteiger partial charge in [-0.3, -0.25) is 15.6 Å². The SMILES string of the molecule is CCCCc1ccc(NC(=S)NNC(=O)c2cccc(COC)c2)cc1. The zero-order chi connectivity index (χ0) is 18.8. The van der Waals surface area contributed by atoms with Crippen molar-refractivity contribution in [3.05, 3.63) is 65.2 Å². The van der Waals surface area contributed by atoms with Crippen LogP contribution in [0.15, 0.2) is 48.5 Å². The van der Waals surface area contributed by atoms with Crippen molar-refractivity contribution in [3.8, 4) is 0 Å². The van der Waals surface area contributed by atoms with Gasteiger partial charge in [0.15, 0.2) is 5.11 Å². The van der Waals surface area contributed by atoms with Gasteiger partial charge in [-0.2, -0.15) is 0 Å². The van der Waals surface area contributed by atoms with E-state index in [1.165, 1.54) is 18.4 Å². The van der Waals surface area contributed by atoms with Gasteiger partial charge >= 0.3 is 0 Å². The topological polar surface area (TPSA) is 62.4 Å². The molecule has 0 aliphatic carbocycles. The van der Waals surface area contributed by atoms with E-state index in [9.17, 15) is 4.79 Å². The number of carbonyl (C=O) groups is 1. The normalized spacial score (nSPS) is 10.2. The van der Waals surface area contributed by atoms with Crippen molar-refractivity contribution in [1.82, 2.24) is 10.9 Å². The number of ether oxygens (including phenoxy) is 1. The first kappa shape index (κ1) is 19.9. The third-order valence-electron chi connectivity index (χ3n) is 3.82. The highest BCUT2D eigenvalue weighted by molar-refractivity contribution is 7.80. The number of thiocarbonyl (C=S) groups is 1. The summed E-state index contributed by atoms with van der Waals surface area (Å²) < 4.78 is 5.08. The predicted octanol–water partition coefficient (Wildman–Crippen LogP) is 3.81. The number of hydrazine groups is 1. The molecule has 0 radical (unpaired) electrons. The highest BCUT2D eigenvalue weighted by atomic mass is 32.1. The van der Waals surface area contributed by atoms with Gasteiger partial charge in [-0.1, -0.05) is 37.6 Å². The summed E-state index contributed by atoms with van der Waals surface area (Å²) in [6.45, 7) is 2.64. The maximum absolute atomic E-state index is 12.2. The quantitative estimate of drug-likeness (QED) is 0.510. The van der Waals surface area contributed by atoms with Gasteiger partial charge in [-0.25, -0.2) is 0 Å². The minimum atomic E-state index is -0.262. The molecule has 0 bridgehead atoms. The zero-order valence-corrected chi connectivity index (χ0v) is 16.0. The van der Waals surface area contributed by atoms with Crippen LogP contribution >= 0.6 is 12.2 Å². The Morgan fingerprint density at radius 2 is 1.85 bits per heavy atom. The monoisotopic (exact) mass is 371 g/mol. The summed E-state index contributed by atoms with van der Waals surface area (Å²) in [6.07, 6.45) is 3.45. The Kier molecular flexibility index (Phi) is 8.05. The van der Waals surface area contributed by atoms with Gasteiger partial charge in [-0.05, 0) is 60.5 Å². The van der Waals surface area contributed by atoms with E-state index < -0.39 is 0 Å². The fourth-order valence-electron chi connectivity index (χ4n) is 2.45. The lowest BCUT2D eigenvalue weighted by atomic mass is 10.1. The van der Waals surface area contributed by atoms with Crippen LogP contribution in [0.5, 0.6) is 0 Å². The van der Waals surface area contributed by atoms with E-state index in [4.69, 9.17) is 17.0 Å². The van der Waals surface area contributed by atoms with Gasteiger partial charge < -0.3 is 10.1 Å². The van der Waals surface area contributed by atoms with Crippen molar-refractivity contribution in [2.24, 2.45) is 0 Å². The Labute approximate surface area is 160 Å². The summed E-state index contributed by atoms with van der Waals surface area (Å²) in [5.74, 6) is -0.262. The first-order chi connectivity index (χ1) is 12.6. The first-order valence-electron chi connectivity index (χ1n) is 8.66. The second-order valence-corrected chi connectivity index (χ2v) is 6.38. The largest absolute Gasteiger partial charge is 0.380 e. The maximum Gasteiger partial charge on any atom is 0.269 e. The van der Waals surface area contributed by atoms with Crippen LogP contribution in [-0.4, -0.2) is 18.1 Å². The molecule has 138 valence electrons. The molecule has 2 rings (SSSR count). The van der Waals surface area contributed by atoms with E-state index >= 15 is 0 Å². The molecule has 0 saturated heterocycles. The Balaban J connectivity index is 1.82. The summed E-state index contributed by atoms with van der Waals surface area (Å²) in [5.41, 5.74) is 8.97. The van der Waals surface area contributed by atoms with E-state index in [2.05, 4.69) is 35.2 Å². The smallest absolute Gasteiger partial charge is 0.269 e. The number of hydrogen-bond acceptors (Lipinski definition) is 3. The number of nitrogens with one attached hydrogen (secondary N) is 3. The highest BCUT2D eigenvalue weighted by Gasteiger charge is 2.07. The molecule has 5 nitrogen and oxygen atoms in total. The van der Waals surface area contributed by atoms with Crippen molar-refractivity contribution in [1.29, 1.82) is 0 Å². The zero-order valence-electron chi connectivity index (χ0n) is 15.2. The average molecular weight is 372 g/mol. The summed E-state index contributed by atoms with van der Waals surface area (Å²) in [5, 5.41) is 3.38. The molecule has 2 aromatic carbocycles. The molecular formula is C20H25N3O2S. The lowest BCUT2D eigenvalue weighted by molar-refractivity contribution is 0.0944. The van der Waals surface area contributed by atoms with Gasteiger partial charge in [0, 0.05) is 18.4 Å². The highest BCUT2D eigenvalue weighted by Crippen LogP contribution is 2.11. The molecule has 3 N–H and O–H groups in total. The molecule has 1 amide bonds. The fraction of sp³-hybridized carbons (Fsp3) is 0.300. The molecule has 0 fully saturated rings. The van der Waals surface area contributed by atoms with Crippen LogP contribution < -0.4 is 16.2 Å². The minimum Gasteiger partial charge on any atom is -0.380 e. The van der Waals surface area contributed by atoms with Gasteiger partial charge in [0.1, 0.15) is 0 Å². The molecular weight excluding hydrogens is 346 g/mol. The molecule has 0 unspecified atom stereocenters. The van der Waals surface area contributed by atoms with Crippen LogP contribution in [0, 0.1) is 0 Å². The molecule has 26 heavy (non-hydrogen) atoms. The maximum atomic E-state index is 12.2. The van der Waals surface area contributed by atoms with E-state index in [0.29, 0.717) is 17.3 Å². The summed E-state index contributed by atoms with van der Waals surface area (Å²) in [6, 6.07) is 15.4. The van der Waals surface area contributed by atoms with Crippen molar-refractivity contribution in [3.63, 3.8) is 0 Å². The van der Waals surface area contributed by atoms with Crippen LogP contribution in [0.3, 0.4) is 0 Å². The number of carbonyl (C=O) groups excluding carboxylic acids is 1. The second-order valence-electron chi connectivity index (χ2n) is 5.97. The molecule has 0 aliphatic heterocycles. The summed E-state index contributed by atoms with van der Waals surface area (Å²) in [7, 11) is 1.62. The third-order valence-corrected chi connectivity index (χ3v) is 4.02. The average Bonchev–Trinajstić information content (AvgIpc) is 2.66. The van der Waals surface area contributed by atoms with E-state index in [1.807, 2.05) is 24.3 Å². The number of methoxy groups -OCH3 is 1. The van der Waals surface area contributed by atoms with Crippen LogP contribution in [0.4, 0.5) is 5.69 Å². The van der Waals surface area contributed by atoms with Crippen molar-refractivity contribution in [2.75, 3.05) is 12.4 Å². The Morgan fingerprint density at radius 3 is 2.54 bits per heavy atom. The number of anilines is 1. The number of amides is 1. The number of unbranched alkanes of at least 4 members (excludes halogenated alkanes) is 1. The van der Waals surface area contributed by atoms with Crippen LogP contribution in [0.1, 0.15) is 41.3 Å². The minimum absolute atomic E-state index is 0.262. The predicted molar refractivity (Wildman–Crippen MR) is 109 cm³/mol. The van der Waals surface area contributed by atoms with E-state index in [1.54, 1.807) is 19.2 Å². The summed E-state index contributed by atoms with van der Waals surface area (Å²) >= 11 is 5.22. The lowest BCUT2D eigenvalue weighted by Gasteiger charge is -2.12. The molecule has 0 heterocycles. The Bertz CT molecular complexity index is 732. The van der Waals surface area contributed by atoms with Crippen molar-refractivity contribution in [2.45, 2.75) is 32.8 Å². The number of benzene rings is 2. The molecule has 2 aromatic rings. The third kappa shape index (κ3) is 6.46. The Morgan fingerprint density at radius 1 is 1.08 bits per heavy atom. The van der Waals surface area contributed by atoms with Crippen LogP contribution in [0.2, 0.25) is 0 Å². The molecule has 0 spiro atoms. The van der Waals surface area contributed by atoms with Gasteiger partial charge in [0.2, 0.25) is 0 Å². The van der Waals surface area contributed by atoms with E-state index in [-0.39, 0.29) is 5.91 Å². The molecule has 6 heteroatoms. The fourth-order valence-corrected chi connectivity index (χ4v) is 2.62.